The van der Waals surface area contributed by atoms with E-state index in [2.05, 4.69) is 68.4 Å². The number of hydrogen-bond donors (Lipinski definition) is 1. The van der Waals surface area contributed by atoms with Gasteiger partial charge < -0.3 is 14.7 Å². The van der Waals surface area contributed by atoms with E-state index in [1.807, 2.05) is 36.4 Å². The van der Waals surface area contributed by atoms with Crippen LogP contribution >= 0.6 is 0 Å². The highest BCUT2D eigenvalue weighted by atomic mass is 16.5. The van der Waals surface area contributed by atoms with E-state index in [1.165, 1.54) is 11.1 Å². The van der Waals surface area contributed by atoms with Crippen LogP contribution in [0.5, 0.6) is 5.75 Å². The first-order chi connectivity index (χ1) is 15.9. The average Bonchev–Trinajstić information content (AvgIpc) is 2.82. The highest BCUT2D eigenvalue weighted by Crippen LogP contribution is 2.45. The number of aryl methyl sites for hydroxylation is 1. The lowest BCUT2D eigenvalue weighted by atomic mass is 9.66. The minimum absolute atomic E-state index is 0.182. The number of rotatable bonds is 8. The van der Waals surface area contributed by atoms with E-state index in [4.69, 9.17) is 4.74 Å². The van der Waals surface area contributed by atoms with Crippen molar-refractivity contribution < 1.29 is 9.84 Å². The normalized spacial score (nSPS) is 22.9. The van der Waals surface area contributed by atoms with Crippen LogP contribution in [0, 0.1) is 18.8 Å². The molecule has 3 aromatic carbocycles. The molecule has 174 valence electrons. The summed E-state index contributed by atoms with van der Waals surface area (Å²) in [5, 5.41) is 12.0. The van der Waals surface area contributed by atoms with Crippen molar-refractivity contribution >= 4 is 0 Å². The highest BCUT2D eigenvalue weighted by Gasteiger charge is 2.43. The Morgan fingerprint density at radius 2 is 1.70 bits per heavy atom. The fraction of sp³-hybridized carbons (Fsp3) is 0.400. The lowest BCUT2D eigenvalue weighted by molar-refractivity contribution is -0.0753. The second-order valence-corrected chi connectivity index (χ2v) is 10.0. The Kier molecular flexibility index (Phi) is 7.52. The predicted molar refractivity (Wildman–Crippen MR) is 135 cm³/mol. The van der Waals surface area contributed by atoms with E-state index in [-0.39, 0.29) is 5.92 Å². The summed E-state index contributed by atoms with van der Waals surface area (Å²) in [6, 6.07) is 27.2. The molecule has 3 atom stereocenters. The minimum atomic E-state index is -0.833. The zero-order chi connectivity index (χ0) is 23.3. The third-order valence-corrected chi connectivity index (χ3v) is 7.04. The zero-order valence-electron chi connectivity index (χ0n) is 20.2. The summed E-state index contributed by atoms with van der Waals surface area (Å²) in [5.41, 5.74) is 3.99. The molecule has 3 aromatic rings. The lowest BCUT2D eigenvalue weighted by Gasteiger charge is -2.44. The molecule has 0 saturated heterocycles. The molecule has 1 aliphatic rings. The smallest absolute Gasteiger partial charge is 0.120 e. The van der Waals surface area contributed by atoms with Crippen LogP contribution in [0.4, 0.5) is 0 Å². The molecule has 0 heterocycles. The summed E-state index contributed by atoms with van der Waals surface area (Å²) in [6.07, 6.45) is 3.92. The molecule has 4 rings (SSSR count). The fourth-order valence-electron chi connectivity index (χ4n) is 5.23. The molecule has 3 heteroatoms. The van der Waals surface area contributed by atoms with Crippen LogP contribution in [0.1, 0.15) is 41.5 Å². The van der Waals surface area contributed by atoms with Gasteiger partial charge in [-0.05, 0) is 81.4 Å². The molecule has 33 heavy (non-hydrogen) atoms. The number of nitrogens with zero attached hydrogens (tertiary/aromatic N) is 1. The zero-order valence-corrected chi connectivity index (χ0v) is 20.2. The molecular weight excluding hydrogens is 406 g/mol. The molecule has 0 amide bonds. The van der Waals surface area contributed by atoms with Gasteiger partial charge in [-0.2, -0.15) is 0 Å². The molecule has 0 aromatic heterocycles. The summed E-state index contributed by atoms with van der Waals surface area (Å²) < 4.78 is 6.07. The van der Waals surface area contributed by atoms with Crippen LogP contribution in [0.25, 0.3) is 0 Å². The Morgan fingerprint density at radius 1 is 0.939 bits per heavy atom. The van der Waals surface area contributed by atoms with Gasteiger partial charge in [-0.25, -0.2) is 0 Å². The largest absolute Gasteiger partial charge is 0.489 e. The lowest BCUT2D eigenvalue weighted by Crippen LogP contribution is -2.45. The quantitative estimate of drug-likeness (QED) is 0.465. The second-order valence-electron chi connectivity index (χ2n) is 10.0. The Morgan fingerprint density at radius 3 is 2.42 bits per heavy atom. The Balaban J connectivity index is 1.49. The van der Waals surface area contributed by atoms with E-state index in [9.17, 15) is 5.11 Å². The van der Waals surface area contributed by atoms with Gasteiger partial charge in [0, 0.05) is 12.5 Å². The van der Waals surface area contributed by atoms with Gasteiger partial charge in [-0.1, -0.05) is 72.3 Å². The standard InChI is InChI=1S/C30H37NO2/c1-23-12-14-24(15-13-23)18-26-16-17-30(32,28(19-26)21-31(2)3)27-10-7-11-29(20-27)33-22-25-8-5-4-6-9-25/h4-15,20,26,28,32H,16-19,21-22H2,1-3H3. The Bertz CT molecular complexity index is 1010. The second kappa shape index (κ2) is 10.5. The maximum Gasteiger partial charge on any atom is 0.120 e. The van der Waals surface area contributed by atoms with Crippen molar-refractivity contribution in [1.82, 2.24) is 4.90 Å². The van der Waals surface area contributed by atoms with E-state index in [1.54, 1.807) is 0 Å². The van der Waals surface area contributed by atoms with Gasteiger partial charge in [0.05, 0.1) is 5.60 Å². The minimum Gasteiger partial charge on any atom is -0.489 e. The first-order valence-corrected chi connectivity index (χ1v) is 12.1. The van der Waals surface area contributed by atoms with Gasteiger partial charge >= 0.3 is 0 Å². The van der Waals surface area contributed by atoms with Crippen molar-refractivity contribution in [3.05, 3.63) is 101 Å². The summed E-state index contributed by atoms with van der Waals surface area (Å²) >= 11 is 0. The van der Waals surface area contributed by atoms with Gasteiger partial charge in [0.15, 0.2) is 0 Å². The van der Waals surface area contributed by atoms with Crippen LogP contribution in [-0.2, 0) is 18.6 Å². The number of benzene rings is 3. The van der Waals surface area contributed by atoms with Crippen LogP contribution in [-0.4, -0.2) is 30.6 Å². The first kappa shape index (κ1) is 23.5. The number of ether oxygens (including phenoxy) is 1. The van der Waals surface area contributed by atoms with E-state index in [0.29, 0.717) is 12.5 Å². The van der Waals surface area contributed by atoms with E-state index in [0.717, 1.165) is 49.1 Å². The third-order valence-electron chi connectivity index (χ3n) is 7.04. The van der Waals surface area contributed by atoms with Crippen molar-refractivity contribution in [3.63, 3.8) is 0 Å². The van der Waals surface area contributed by atoms with Crippen LogP contribution < -0.4 is 4.74 Å². The van der Waals surface area contributed by atoms with Crippen molar-refractivity contribution in [2.75, 3.05) is 20.6 Å². The maximum absolute atomic E-state index is 12.0. The summed E-state index contributed by atoms with van der Waals surface area (Å²) in [7, 11) is 4.20. The van der Waals surface area contributed by atoms with E-state index < -0.39 is 5.60 Å². The molecule has 0 spiro atoms. The van der Waals surface area contributed by atoms with Crippen LogP contribution in [0.2, 0.25) is 0 Å². The third kappa shape index (κ3) is 6.04. The molecular formula is C30H37NO2. The number of hydrogen-bond acceptors (Lipinski definition) is 3. The highest BCUT2D eigenvalue weighted by molar-refractivity contribution is 5.34. The van der Waals surface area contributed by atoms with Gasteiger partial charge in [-0.3, -0.25) is 0 Å². The molecule has 3 unspecified atom stereocenters. The summed E-state index contributed by atoms with van der Waals surface area (Å²) in [4.78, 5) is 2.21. The number of aliphatic hydroxyl groups is 1. The topological polar surface area (TPSA) is 32.7 Å². The summed E-state index contributed by atoms with van der Waals surface area (Å²) in [6.45, 7) is 3.54. The maximum atomic E-state index is 12.0. The van der Waals surface area contributed by atoms with Crippen molar-refractivity contribution in [2.24, 2.45) is 11.8 Å². The van der Waals surface area contributed by atoms with Crippen molar-refractivity contribution in [1.29, 1.82) is 0 Å². The molecule has 1 saturated carbocycles. The first-order valence-electron chi connectivity index (χ1n) is 12.1. The molecule has 0 radical (unpaired) electrons. The molecule has 0 aliphatic heterocycles. The molecule has 1 N–H and O–H groups in total. The van der Waals surface area contributed by atoms with Gasteiger partial charge in [0.25, 0.3) is 0 Å². The van der Waals surface area contributed by atoms with Crippen LogP contribution in [0.3, 0.4) is 0 Å². The molecule has 1 aliphatic carbocycles. The monoisotopic (exact) mass is 443 g/mol. The molecule has 0 bridgehead atoms. The van der Waals surface area contributed by atoms with Crippen molar-refractivity contribution in [3.8, 4) is 5.75 Å². The average molecular weight is 444 g/mol. The van der Waals surface area contributed by atoms with Crippen molar-refractivity contribution in [2.45, 2.75) is 44.8 Å². The molecule has 3 nitrogen and oxygen atoms in total. The Hall–Kier alpha value is -2.62. The predicted octanol–water partition coefficient (Wildman–Crippen LogP) is 5.98. The van der Waals surface area contributed by atoms with E-state index >= 15 is 0 Å². The van der Waals surface area contributed by atoms with Gasteiger partial charge in [-0.15, -0.1) is 0 Å². The fourth-order valence-corrected chi connectivity index (χ4v) is 5.23. The van der Waals surface area contributed by atoms with Gasteiger partial charge in [0.2, 0.25) is 0 Å². The SMILES string of the molecule is Cc1ccc(CC2CCC(O)(c3cccc(OCc4ccccc4)c3)C(CN(C)C)C2)cc1. The van der Waals surface area contributed by atoms with Gasteiger partial charge in [0.1, 0.15) is 12.4 Å². The Labute approximate surface area is 199 Å². The summed E-state index contributed by atoms with van der Waals surface area (Å²) in [5.74, 6) is 1.59. The van der Waals surface area contributed by atoms with Crippen LogP contribution in [0.15, 0.2) is 78.9 Å². The molecule has 1 fully saturated rings.